The van der Waals surface area contributed by atoms with E-state index < -0.39 is 0 Å². The van der Waals surface area contributed by atoms with Gasteiger partial charge in [0.25, 0.3) is 5.91 Å². The van der Waals surface area contributed by atoms with E-state index in [1.165, 1.54) is 11.3 Å². The summed E-state index contributed by atoms with van der Waals surface area (Å²) in [5.74, 6) is 0.320. The van der Waals surface area contributed by atoms with Gasteiger partial charge in [0, 0.05) is 24.9 Å². The third kappa shape index (κ3) is 4.05. The van der Waals surface area contributed by atoms with Crippen LogP contribution >= 0.6 is 11.3 Å². The van der Waals surface area contributed by atoms with Crippen LogP contribution in [0, 0.1) is 12.8 Å². The highest BCUT2D eigenvalue weighted by Crippen LogP contribution is 2.36. The molecule has 1 saturated carbocycles. The minimum atomic E-state index is 0.0770. The molecule has 2 aromatic heterocycles. The average Bonchev–Trinajstić information content (AvgIpc) is 3.48. The molecule has 1 unspecified atom stereocenters. The number of carbonyl (C=O) groups excluding carboxylic acids is 2. The number of thiophene rings is 1. The second kappa shape index (κ2) is 7.80. The molecule has 1 aliphatic heterocycles. The first kappa shape index (κ1) is 18.2. The van der Waals surface area contributed by atoms with Gasteiger partial charge >= 0.3 is 0 Å². The summed E-state index contributed by atoms with van der Waals surface area (Å²) in [5.41, 5.74) is 2.09. The van der Waals surface area contributed by atoms with Gasteiger partial charge in [-0.1, -0.05) is 12.8 Å². The van der Waals surface area contributed by atoms with Crippen LogP contribution < -0.4 is 5.32 Å². The summed E-state index contributed by atoms with van der Waals surface area (Å²) in [5, 5.41) is 3.76. The van der Waals surface area contributed by atoms with Gasteiger partial charge in [0.15, 0.2) is 0 Å². The molecule has 0 aromatic carbocycles. The molecule has 5 nitrogen and oxygen atoms in total. The number of pyridine rings is 1. The number of aryl methyl sites for hydroxylation is 1. The molecule has 1 saturated heterocycles. The lowest BCUT2D eigenvalue weighted by Gasteiger charge is -2.30. The van der Waals surface area contributed by atoms with E-state index in [9.17, 15) is 9.59 Å². The Morgan fingerprint density at radius 3 is 2.67 bits per heavy atom. The Morgan fingerprint density at radius 2 is 1.93 bits per heavy atom. The Kier molecular flexibility index (Phi) is 5.25. The number of anilines is 1. The van der Waals surface area contributed by atoms with E-state index in [2.05, 4.69) is 10.3 Å². The molecular weight excluding hydrogens is 358 g/mol. The molecule has 1 N–H and O–H groups in total. The molecule has 0 spiro atoms. The Morgan fingerprint density at radius 1 is 1.15 bits per heavy atom. The number of hydrogen-bond acceptors (Lipinski definition) is 4. The van der Waals surface area contributed by atoms with Crippen LogP contribution in [0.5, 0.6) is 0 Å². The fourth-order valence-electron chi connectivity index (χ4n) is 3.74. The van der Waals surface area contributed by atoms with Crippen LogP contribution in [0.3, 0.4) is 0 Å². The van der Waals surface area contributed by atoms with Crippen molar-refractivity contribution < 1.29 is 9.59 Å². The predicted octanol–water partition coefficient (Wildman–Crippen LogP) is 4.56. The van der Waals surface area contributed by atoms with Crippen LogP contribution in [-0.2, 0) is 4.79 Å². The van der Waals surface area contributed by atoms with Crippen molar-refractivity contribution in [2.45, 2.75) is 51.5 Å². The first-order valence-corrected chi connectivity index (χ1v) is 10.6. The van der Waals surface area contributed by atoms with Gasteiger partial charge in [-0.25, -0.2) is 0 Å². The quantitative estimate of drug-likeness (QED) is 0.842. The second-order valence-corrected chi connectivity index (χ2v) is 8.58. The minimum Gasteiger partial charge on any atom is -0.331 e. The summed E-state index contributed by atoms with van der Waals surface area (Å²) < 4.78 is 0. The molecule has 6 heteroatoms. The monoisotopic (exact) mass is 383 g/mol. The molecule has 2 aliphatic rings. The standard InChI is InChI=1S/C21H25N3O2S/c1-14-13-18(23-20(25)16-6-7-16)27-19(14)21(26)24-12-4-2-3-5-17(24)15-8-10-22-11-9-15/h8-11,13,16-17H,2-7,12H2,1H3,(H,23,25). The Labute approximate surface area is 163 Å². The lowest BCUT2D eigenvalue weighted by molar-refractivity contribution is -0.117. The van der Waals surface area contributed by atoms with Crippen LogP contribution in [0.25, 0.3) is 0 Å². The summed E-state index contributed by atoms with van der Waals surface area (Å²) in [6.45, 7) is 2.72. The summed E-state index contributed by atoms with van der Waals surface area (Å²) in [4.78, 5) is 32.3. The molecule has 27 heavy (non-hydrogen) atoms. The molecular formula is C21H25N3O2S. The van der Waals surface area contributed by atoms with Crippen LogP contribution in [0.1, 0.15) is 65.4 Å². The van der Waals surface area contributed by atoms with Crippen LogP contribution in [0.4, 0.5) is 5.00 Å². The summed E-state index contributed by atoms with van der Waals surface area (Å²) >= 11 is 1.40. The molecule has 2 aromatic rings. The number of nitrogens with zero attached hydrogens (tertiary/aromatic N) is 2. The van der Waals surface area contributed by atoms with E-state index in [-0.39, 0.29) is 23.8 Å². The van der Waals surface area contributed by atoms with Gasteiger partial charge in [0.2, 0.25) is 5.91 Å². The molecule has 142 valence electrons. The Bertz CT molecular complexity index is 829. The van der Waals surface area contributed by atoms with E-state index >= 15 is 0 Å². The van der Waals surface area contributed by atoms with Crippen molar-refractivity contribution in [1.82, 2.24) is 9.88 Å². The molecule has 1 atom stereocenters. The van der Waals surface area contributed by atoms with Gasteiger partial charge in [-0.2, -0.15) is 0 Å². The van der Waals surface area contributed by atoms with E-state index in [1.54, 1.807) is 12.4 Å². The lowest BCUT2D eigenvalue weighted by atomic mass is 10.0. The van der Waals surface area contributed by atoms with Crippen LogP contribution in [0.15, 0.2) is 30.6 Å². The Balaban J connectivity index is 1.57. The maximum atomic E-state index is 13.4. The van der Waals surface area contributed by atoms with Gasteiger partial charge in [-0.3, -0.25) is 14.6 Å². The van der Waals surface area contributed by atoms with Crippen LogP contribution in [-0.4, -0.2) is 28.2 Å². The number of likely N-dealkylation sites (tertiary alicyclic amines) is 1. The van der Waals surface area contributed by atoms with Gasteiger partial charge in [0.05, 0.1) is 15.9 Å². The van der Waals surface area contributed by atoms with E-state index in [0.29, 0.717) is 0 Å². The summed E-state index contributed by atoms with van der Waals surface area (Å²) in [6.07, 6.45) is 9.83. The van der Waals surface area contributed by atoms with Gasteiger partial charge < -0.3 is 10.2 Å². The third-order valence-electron chi connectivity index (χ3n) is 5.41. The Hall–Kier alpha value is -2.21. The van der Waals surface area contributed by atoms with E-state index in [1.807, 2.05) is 30.0 Å². The topological polar surface area (TPSA) is 62.3 Å². The molecule has 1 aliphatic carbocycles. The number of aromatic nitrogens is 1. The van der Waals surface area contributed by atoms with Crippen molar-refractivity contribution in [1.29, 1.82) is 0 Å². The zero-order chi connectivity index (χ0) is 18.8. The number of hydrogen-bond donors (Lipinski definition) is 1. The first-order chi connectivity index (χ1) is 13.1. The fraction of sp³-hybridized carbons (Fsp3) is 0.476. The minimum absolute atomic E-state index is 0.0770. The molecule has 3 heterocycles. The van der Waals surface area contributed by atoms with Crippen molar-refractivity contribution in [3.8, 4) is 0 Å². The molecule has 2 amide bonds. The van der Waals surface area contributed by atoms with Crippen molar-refractivity contribution >= 4 is 28.2 Å². The van der Waals surface area contributed by atoms with E-state index in [4.69, 9.17) is 0 Å². The third-order valence-corrected chi connectivity index (χ3v) is 6.55. The number of nitrogens with one attached hydrogen (secondary N) is 1. The summed E-state index contributed by atoms with van der Waals surface area (Å²) in [6, 6.07) is 6.05. The number of amides is 2. The van der Waals surface area contributed by atoms with Crippen LogP contribution in [0.2, 0.25) is 0 Å². The highest BCUT2D eigenvalue weighted by Gasteiger charge is 2.32. The van der Waals surface area contributed by atoms with E-state index in [0.717, 1.165) is 66.1 Å². The van der Waals surface area contributed by atoms with Gasteiger partial charge in [0.1, 0.15) is 0 Å². The summed E-state index contributed by atoms with van der Waals surface area (Å²) in [7, 11) is 0. The van der Waals surface area contributed by atoms with Crippen molar-refractivity contribution in [3.05, 3.63) is 46.6 Å². The van der Waals surface area contributed by atoms with Crippen molar-refractivity contribution in [2.75, 3.05) is 11.9 Å². The smallest absolute Gasteiger partial charge is 0.264 e. The SMILES string of the molecule is Cc1cc(NC(=O)C2CC2)sc1C(=O)N1CCCCCC1c1ccncc1. The fourth-order valence-corrected chi connectivity index (χ4v) is 4.77. The maximum Gasteiger partial charge on any atom is 0.264 e. The molecule has 0 radical (unpaired) electrons. The van der Waals surface area contributed by atoms with Gasteiger partial charge in [-0.05, 0) is 61.9 Å². The number of carbonyl (C=O) groups is 2. The second-order valence-electron chi connectivity index (χ2n) is 7.53. The highest BCUT2D eigenvalue weighted by molar-refractivity contribution is 7.18. The average molecular weight is 384 g/mol. The predicted molar refractivity (Wildman–Crippen MR) is 107 cm³/mol. The molecule has 0 bridgehead atoms. The zero-order valence-corrected chi connectivity index (χ0v) is 16.4. The molecule has 4 rings (SSSR count). The zero-order valence-electron chi connectivity index (χ0n) is 15.6. The normalized spacial score (nSPS) is 20.2. The number of rotatable bonds is 4. The maximum absolute atomic E-state index is 13.4. The highest BCUT2D eigenvalue weighted by atomic mass is 32.1. The lowest BCUT2D eigenvalue weighted by Crippen LogP contribution is -2.34. The van der Waals surface area contributed by atoms with Crippen molar-refractivity contribution in [3.63, 3.8) is 0 Å². The van der Waals surface area contributed by atoms with Crippen molar-refractivity contribution in [2.24, 2.45) is 5.92 Å². The molecule has 2 fully saturated rings. The van der Waals surface area contributed by atoms with Gasteiger partial charge in [-0.15, -0.1) is 11.3 Å². The first-order valence-electron chi connectivity index (χ1n) is 9.75. The largest absolute Gasteiger partial charge is 0.331 e.